The number of hydrogen-bond donors (Lipinski definition) is 1. The third kappa shape index (κ3) is 3.99. The molecular formula is C18H25N5. The lowest BCUT2D eigenvalue weighted by molar-refractivity contribution is 0.270. The molecule has 1 saturated heterocycles. The summed E-state index contributed by atoms with van der Waals surface area (Å²) in [6.45, 7) is 10.5. The van der Waals surface area contributed by atoms with Gasteiger partial charge >= 0.3 is 0 Å². The van der Waals surface area contributed by atoms with Gasteiger partial charge in [0.2, 0.25) is 0 Å². The van der Waals surface area contributed by atoms with Crippen molar-refractivity contribution in [1.82, 2.24) is 14.9 Å². The molecule has 0 radical (unpaired) electrons. The Morgan fingerprint density at radius 1 is 1.09 bits per heavy atom. The zero-order valence-corrected chi connectivity index (χ0v) is 14.0. The van der Waals surface area contributed by atoms with Crippen LogP contribution in [0.4, 0.5) is 11.6 Å². The zero-order chi connectivity index (χ0) is 16.1. The van der Waals surface area contributed by atoms with Gasteiger partial charge in [-0.05, 0) is 24.6 Å². The monoisotopic (exact) mass is 311 g/mol. The minimum absolute atomic E-state index is 0.784. The summed E-state index contributed by atoms with van der Waals surface area (Å²) in [5.41, 5.74) is 2.59. The van der Waals surface area contributed by atoms with Gasteiger partial charge in [-0.25, -0.2) is 9.97 Å². The second-order valence-electron chi connectivity index (χ2n) is 5.96. The number of aryl methyl sites for hydroxylation is 1. The first-order valence-corrected chi connectivity index (χ1v) is 8.34. The first-order chi connectivity index (χ1) is 11.3. The van der Waals surface area contributed by atoms with Crippen LogP contribution in [0.1, 0.15) is 18.1 Å². The maximum absolute atomic E-state index is 4.44. The number of aromatic nitrogens is 2. The Balaban J connectivity index is 1.63. The molecule has 1 aromatic heterocycles. The SMILES string of the molecule is CCN1CCN(c2cc(NCc3ccccc3C)ncn2)CC1. The van der Waals surface area contributed by atoms with Gasteiger partial charge in [-0.3, -0.25) is 0 Å². The molecular weight excluding hydrogens is 286 g/mol. The third-order valence-corrected chi connectivity index (χ3v) is 4.52. The minimum atomic E-state index is 0.784. The van der Waals surface area contributed by atoms with E-state index in [1.54, 1.807) is 6.33 Å². The molecule has 0 unspecified atom stereocenters. The number of piperazine rings is 1. The normalized spacial score (nSPS) is 15.7. The number of hydrogen-bond acceptors (Lipinski definition) is 5. The van der Waals surface area contributed by atoms with Crippen LogP contribution in [0.25, 0.3) is 0 Å². The standard InChI is InChI=1S/C18H25N5/c1-3-22-8-10-23(11-9-22)18-12-17(20-14-21-18)19-13-16-7-5-4-6-15(16)2/h4-7,12,14H,3,8-11,13H2,1-2H3,(H,19,20,21). The average Bonchev–Trinajstić information content (AvgIpc) is 2.61. The minimum Gasteiger partial charge on any atom is -0.366 e. The van der Waals surface area contributed by atoms with Crippen LogP contribution in [0, 0.1) is 6.92 Å². The molecule has 0 spiro atoms. The van der Waals surface area contributed by atoms with Gasteiger partial charge in [-0.15, -0.1) is 0 Å². The van der Waals surface area contributed by atoms with Crippen LogP contribution in [0.15, 0.2) is 36.7 Å². The highest BCUT2D eigenvalue weighted by Gasteiger charge is 2.17. The molecule has 122 valence electrons. The van der Waals surface area contributed by atoms with Crippen LogP contribution < -0.4 is 10.2 Å². The Hall–Kier alpha value is -2.14. The lowest BCUT2D eigenvalue weighted by Gasteiger charge is -2.34. The van der Waals surface area contributed by atoms with Crippen LogP contribution in [0.3, 0.4) is 0 Å². The van der Waals surface area contributed by atoms with Crippen molar-refractivity contribution in [3.63, 3.8) is 0 Å². The largest absolute Gasteiger partial charge is 0.366 e. The fourth-order valence-electron chi connectivity index (χ4n) is 2.90. The van der Waals surface area contributed by atoms with Crippen molar-refractivity contribution >= 4 is 11.6 Å². The number of benzene rings is 1. The number of nitrogens with one attached hydrogen (secondary N) is 1. The number of likely N-dealkylation sites (N-methyl/N-ethyl adjacent to an activating group) is 1. The topological polar surface area (TPSA) is 44.3 Å². The molecule has 1 N–H and O–H groups in total. The van der Waals surface area contributed by atoms with Crippen LogP contribution in [0.2, 0.25) is 0 Å². The molecule has 1 aliphatic heterocycles. The van der Waals surface area contributed by atoms with Crippen LogP contribution >= 0.6 is 0 Å². The Bertz CT molecular complexity index is 635. The fourth-order valence-corrected chi connectivity index (χ4v) is 2.90. The van der Waals surface area contributed by atoms with E-state index in [0.717, 1.165) is 50.9 Å². The van der Waals surface area contributed by atoms with E-state index in [4.69, 9.17) is 0 Å². The Morgan fingerprint density at radius 3 is 2.61 bits per heavy atom. The highest BCUT2D eigenvalue weighted by atomic mass is 15.3. The smallest absolute Gasteiger partial charge is 0.134 e. The molecule has 5 heteroatoms. The predicted octanol–water partition coefficient (Wildman–Crippen LogP) is 2.54. The maximum atomic E-state index is 4.44. The third-order valence-electron chi connectivity index (χ3n) is 4.52. The average molecular weight is 311 g/mol. The molecule has 1 aliphatic rings. The molecule has 2 aromatic rings. The zero-order valence-electron chi connectivity index (χ0n) is 14.0. The summed E-state index contributed by atoms with van der Waals surface area (Å²) < 4.78 is 0. The highest BCUT2D eigenvalue weighted by Crippen LogP contribution is 2.17. The van der Waals surface area contributed by atoms with Gasteiger partial charge < -0.3 is 15.1 Å². The Kier molecular flexibility index (Phi) is 5.08. The summed E-state index contributed by atoms with van der Waals surface area (Å²) in [7, 11) is 0. The van der Waals surface area contributed by atoms with Gasteiger partial charge in [0.05, 0.1) is 0 Å². The lowest BCUT2D eigenvalue weighted by Crippen LogP contribution is -2.46. The van der Waals surface area contributed by atoms with E-state index in [1.165, 1.54) is 11.1 Å². The molecule has 0 aliphatic carbocycles. The molecule has 3 rings (SSSR count). The molecule has 23 heavy (non-hydrogen) atoms. The van der Waals surface area contributed by atoms with Gasteiger partial charge in [0.15, 0.2) is 0 Å². The van der Waals surface area contributed by atoms with E-state index in [9.17, 15) is 0 Å². The van der Waals surface area contributed by atoms with Crippen molar-refractivity contribution in [2.75, 3.05) is 42.9 Å². The first kappa shape index (κ1) is 15.7. The van der Waals surface area contributed by atoms with Gasteiger partial charge in [0.25, 0.3) is 0 Å². The summed E-state index contributed by atoms with van der Waals surface area (Å²) in [6, 6.07) is 10.5. The summed E-state index contributed by atoms with van der Waals surface area (Å²) in [6.07, 6.45) is 1.65. The molecule has 0 atom stereocenters. The van der Waals surface area contributed by atoms with E-state index in [0.29, 0.717) is 0 Å². The van der Waals surface area contributed by atoms with E-state index < -0.39 is 0 Å². The van der Waals surface area contributed by atoms with Crippen molar-refractivity contribution < 1.29 is 0 Å². The molecule has 0 amide bonds. The predicted molar refractivity (Wildman–Crippen MR) is 94.9 cm³/mol. The molecule has 1 aromatic carbocycles. The summed E-state index contributed by atoms with van der Waals surface area (Å²) in [4.78, 5) is 13.6. The summed E-state index contributed by atoms with van der Waals surface area (Å²) >= 11 is 0. The number of anilines is 2. The number of nitrogens with zero attached hydrogens (tertiary/aromatic N) is 4. The van der Waals surface area contributed by atoms with E-state index in [1.807, 2.05) is 0 Å². The van der Waals surface area contributed by atoms with E-state index in [-0.39, 0.29) is 0 Å². The molecule has 5 nitrogen and oxygen atoms in total. The van der Waals surface area contributed by atoms with Crippen molar-refractivity contribution in [1.29, 1.82) is 0 Å². The first-order valence-electron chi connectivity index (χ1n) is 8.34. The van der Waals surface area contributed by atoms with E-state index in [2.05, 4.69) is 69.3 Å². The number of rotatable bonds is 5. The van der Waals surface area contributed by atoms with Crippen LogP contribution in [-0.4, -0.2) is 47.6 Å². The second kappa shape index (κ2) is 7.42. The van der Waals surface area contributed by atoms with Crippen LogP contribution in [0.5, 0.6) is 0 Å². The summed E-state index contributed by atoms with van der Waals surface area (Å²) in [5, 5.41) is 3.41. The lowest BCUT2D eigenvalue weighted by atomic mass is 10.1. The van der Waals surface area contributed by atoms with E-state index >= 15 is 0 Å². The van der Waals surface area contributed by atoms with Crippen molar-refractivity contribution in [2.45, 2.75) is 20.4 Å². The van der Waals surface area contributed by atoms with Crippen molar-refractivity contribution in [3.05, 3.63) is 47.8 Å². The second-order valence-corrected chi connectivity index (χ2v) is 5.96. The van der Waals surface area contributed by atoms with Gasteiger partial charge in [-0.1, -0.05) is 31.2 Å². The fraction of sp³-hybridized carbons (Fsp3) is 0.444. The summed E-state index contributed by atoms with van der Waals surface area (Å²) in [5.74, 6) is 1.90. The van der Waals surface area contributed by atoms with Gasteiger partial charge in [0.1, 0.15) is 18.0 Å². The van der Waals surface area contributed by atoms with Gasteiger partial charge in [0, 0.05) is 38.8 Å². The van der Waals surface area contributed by atoms with Crippen molar-refractivity contribution in [3.8, 4) is 0 Å². The molecule has 2 heterocycles. The van der Waals surface area contributed by atoms with Crippen molar-refractivity contribution in [2.24, 2.45) is 0 Å². The molecule has 0 saturated carbocycles. The molecule has 1 fully saturated rings. The van der Waals surface area contributed by atoms with Crippen LogP contribution in [-0.2, 0) is 6.54 Å². The maximum Gasteiger partial charge on any atom is 0.134 e. The quantitative estimate of drug-likeness (QED) is 0.919. The molecule has 0 bridgehead atoms. The highest BCUT2D eigenvalue weighted by molar-refractivity contribution is 5.49. The Labute approximate surface area is 138 Å². The Morgan fingerprint density at radius 2 is 1.87 bits per heavy atom. The van der Waals surface area contributed by atoms with Gasteiger partial charge in [-0.2, -0.15) is 0 Å².